The Balaban J connectivity index is 1.36. The Bertz CT molecular complexity index is 2370. The summed E-state index contributed by atoms with van der Waals surface area (Å²) in [7, 11) is 0. The van der Waals surface area contributed by atoms with Crippen LogP contribution >= 0.6 is 0 Å². The van der Waals surface area contributed by atoms with Gasteiger partial charge in [0.1, 0.15) is 23.9 Å². The molecule has 3 aromatic carbocycles. The number of benzene rings is 3. The van der Waals surface area contributed by atoms with E-state index in [4.69, 9.17) is 23.7 Å². The number of aliphatic hydroxyl groups excluding tert-OH is 2. The van der Waals surface area contributed by atoms with E-state index in [1.165, 1.54) is 32.1 Å². The summed E-state index contributed by atoms with van der Waals surface area (Å²) in [6, 6.07) is 23.7. The van der Waals surface area contributed by atoms with E-state index in [0.717, 1.165) is 19.4 Å². The van der Waals surface area contributed by atoms with Crippen molar-refractivity contribution in [2.24, 2.45) is 16.7 Å². The van der Waals surface area contributed by atoms with Gasteiger partial charge in [0, 0.05) is 38.2 Å². The Morgan fingerprint density at radius 3 is 2.05 bits per heavy atom. The van der Waals surface area contributed by atoms with E-state index in [9.17, 15) is 39.3 Å². The maximum atomic E-state index is 15.5. The number of fused-ring (bicyclic) bond motifs is 5. The first-order valence-electron chi connectivity index (χ1n) is 21.1. The van der Waals surface area contributed by atoms with Gasteiger partial charge in [-0.25, -0.2) is 9.59 Å². The number of rotatable bonds is 11. The topological polar surface area (TPSA) is 221 Å². The number of Topliss-reactive ketones (excluding diaryl/α,β-unsaturated/α-hetero) is 1. The highest BCUT2D eigenvalue weighted by molar-refractivity contribution is 5.96. The fourth-order valence-corrected chi connectivity index (χ4v) is 10.3. The van der Waals surface area contributed by atoms with Crippen molar-refractivity contribution < 1.29 is 67.8 Å². The molecule has 3 fully saturated rings. The molecule has 15 heteroatoms. The van der Waals surface area contributed by atoms with Gasteiger partial charge in [0.05, 0.1) is 35.6 Å². The van der Waals surface area contributed by atoms with Crippen molar-refractivity contribution in [3.8, 4) is 0 Å². The molecule has 15 nitrogen and oxygen atoms in total. The van der Waals surface area contributed by atoms with Gasteiger partial charge >= 0.3 is 23.9 Å². The number of carbonyl (C=O) groups is 6. The van der Waals surface area contributed by atoms with E-state index in [2.05, 4.69) is 5.32 Å². The van der Waals surface area contributed by atoms with Crippen molar-refractivity contribution in [1.29, 1.82) is 0 Å². The fraction of sp³-hybridized carbons (Fsp3) is 0.429. The first kappa shape index (κ1) is 46.0. The highest BCUT2D eigenvalue weighted by Crippen LogP contribution is 2.64. The standard InChI is InChI=1S/C49H53NO14/c1-27-33(62-45(58)39(55)38(31-18-12-8-13-19-31)50-36(54)23-22-30-16-10-7-11-17-30)25-49(59)43(63-44(57)32-20-14-9-15-21-32)41-47(6,34(53)24-35-48(41,26-60-35)64-29(3)52)42(56)40(61-28(2)51)37(27)46(49,4)5/h7-23,33-35,38-41,43,53,55,59H,24-26H2,1-6H3,(H,50,54)/b23-22+/t33-,34-,35+,38-,39+,40+,41-,43-,47+,48-,49-/m0/s1. The van der Waals surface area contributed by atoms with Crippen LogP contribution in [0, 0.1) is 16.7 Å². The van der Waals surface area contributed by atoms with Gasteiger partial charge in [-0.3, -0.25) is 19.2 Å². The Labute approximate surface area is 370 Å². The third-order valence-corrected chi connectivity index (χ3v) is 13.7. The number of carbonyl (C=O) groups excluding carboxylic acids is 6. The summed E-state index contributed by atoms with van der Waals surface area (Å²) in [5, 5.41) is 40.2. The molecule has 2 bridgehead atoms. The minimum atomic E-state index is -2.40. The van der Waals surface area contributed by atoms with E-state index in [1.807, 2.05) is 6.07 Å². The largest absolute Gasteiger partial charge is 0.456 e. The predicted octanol–water partition coefficient (Wildman–Crippen LogP) is 4.14. The molecule has 0 radical (unpaired) electrons. The van der Waals surface area contributed by atoms with Crippen LogP contribution in [0.1, 0.15) is 81.9 Å². The van der Waals surface area contributed by atoms with Crippen LogP contribution in [-0.2, 0) is 47.7 Å². The molecule has 0 aromatic heterocycles. The second-order valence-corrected chi connectivity index (χ2v) is 17.8. The lowest BCUT2D eigenvalue weighted by atomic mass is 9.44. The molecule has 2 saturated carbocycles. The quantitative estimate of drug-likeness (QED) is 0.0921. The smallest absolute Gasteiger partial charge is 0.338 e. The number of amides is 1. The molecule has 1 aliphatic heterocycles. The Hall–Kier alpha value is -6.00. The third kappa shape index (κ3) is 7.95. The van der Waals surface area contributed by atoms with Gasteiger partial charge in [0.15, 0.2) is 23.6 Å². The van der Waals surface area contributed by atoms with Gasteiger partial charge in [0.2, 0.25) is 5.91 Å². The number of ether oxygens (including phenoxy) is 5. The lowest BCUT2D eigenvalue weighted by Gasteiger charge is -2.67. The van der Waals surface area contributed by atoms with Gasteiger partial charge in [0.25, 0.3) is 0 Å². The van der Waals surface area contributed by atoms with Crippen LogP contribution in [0.3, 0.4) is 0 Å². The molecule has 4 N–H and O–H groups in total. The monoisotopic (exact) mass is 879 g/mol. The summed E-state index contributed by atoms with van der Waals surface area (Å²) in [4.78, 5) is 83.4. The van der Waals surface area contributed by atoms with Gasteiger partial charge < -0.3 is 44.3 Å². The second-order valence-electron chi connectivity index (χ2n) is 17.8. The number of hydrogen-bond donors (Lipinski definition) is 4. The molecule has 0 spiro atoms. The molecule has 338 valence electrons. The maximum Gasteiger partial charge on any atom is 0.338 e. The van der Waals surface area contributed by atoms with Crippen molar-refractivity contribution >= 4 is 41.6 Å². The van der Waals surface area contributed by atoms with Gasteiger partial charge in [-0.15, -0.1) is 0 Å². The van der Waals surface area contributed by atoms with Crippen molar-refractivity contribution in [3.05, 3.63) is 125 Å². The van der Waals surface area contributed by atoms with Crippen LogP contribution in [0.25, 0.3) is 6.08 Å². The first-order chi connectivity index (χ1) is 30.3. The predicted molar refractivity (Wildman–Crippen MR) is 227 cm³/mol. The van der Waals surface area contributed by atoms with E-state index in [0.29, 0.717) is 5.56 Å². The van der Waals surface area contributed by atoms with E-state index < -0.39 is 113 Å². The van der Waals surface area contributed by atoms with Crippen LogP contribution < -0.4 is 5.32 Å². The average Bonchev–Trinajstić information content (AvgIpc) is 3.26. The molecule has 7 rings (SSSR count). The Morgan fingerprint density at radius 1 is 0.859 bits per heavy atom. The summed E-state index contributed by atoms with van der Waals surface area (Å²) < 4.78 is 30.3. The molecule has 1 saturated heterocycles. The zero-order valence-electron chi connectivity index (χ0n) is 36.4. The Kier molecular flexibility index (Phi) is 12.6. The summed E-state index contributed by atoms with van der Waals surface area (Å²) in [5.41, 5.74) is -6.58. The summed E-state index contributed by atoms with van der Waals surface area (Å²) in [6.45, 7) is 7.97. The average molecular weight is 880 g/mol. The van der Waals surface area contributed by atoms with Gasteiger partial charge in [-0.2, -0.15) is 0 Å². The SMILES string of the molecule is CC(=O)O[C@H]1C(=O)[C@@]2(C)[C@H]([C@H](OC(=O)c3ccccc3)[C@@]3(O)C[C@H](OC(=O)[C@H](O)[C@@H](NC(=O)/C=C/c4ccccc4)c4ccccc4)C(C)=C1C3(C)C)[C@]1(OC(C)=O)CO[C@@H]1C[C@@H]2O. The molecule has 1 amide bonds. The molecule has 64 heavy (non-hydrogen) atoms. The number of esters is 4. The summed E-state index contributed by atoms with van der Waals surface area (Å²) >= 11 is 0. The van der Waals surface area contributed by atoms with Crippen LogP contribution in [0.4, 0.5) is 0 Å². The molecule has 0 unspecified atom stereocenters. The fourth-order valence-electron chi connectivity index (χ4n) is 10.3. The number of hydrogen-bond acceptors (Lipinski definition) is 14. The molecule has 3 aliphatic carbocycles. The van der Waals surface area contributed by atoms with E-state index >= 15 is 4.79 Å². The summed E-state index contributed by atoms with van der Waals surface area (Å²) in [5.74, 6) is -6.90. The maximum absolute atomic E-state index is 15.5. The molecule has 3 aromatic rings. The van der Waals surface area contributed by atoms with Crippen LogP contribution in [0.15, 0.2) is 108 Å². The van der Waals surface area contributed by atoms with Crippen molar-refractivity contribution in [2.75, 3.05) is 6.61 Å². The van der Waals surface area contributed by atoms with Crippen LogP contribution in [0.2, 0.25) is 0 Å². The minimum absolute atomic E-state index is 0.00569. The number of nitrogens with one attached hydrogen (secondary N) is 1. The van der Waals surface area contributed by atoms with Crippen LogP contribution in [-0.4, -0.2) is 105 Å². The molecule has 11 atom stereocenters. The normalized spacial score (nSPS) is 31.4. The van der Waals surface area contributed by atoms with Crippen molar-refractivity contribution in [3.63, 3.8) is 0 Å². The number of aliphatic hydroxyl groups is 3. The third-order valence-electron chi connectivity index (χ3n) is 13.7. The number of ketones is 1. The van der Waals surface area contributed by atoms with Crippen LogP contribution in [0.5, 0.6) is 0 Å². The van der Waals surface area contributed by atoms with E-state index in [-0.39, 0.29) is 29.7 Å². The first-order valence-corrected chi connectivity index (χ1v) is 21.1. The van der Waals surface area contributed by atoms with Gasteiger partial charge in [-0.05, 0) is 54.3 Å². The summed E-state index contributed by atoms with van der Waals surface area (Å²) in [6.07, 6.45) is -7.73. The zero-order valence-corrected chi connectivity index (χ0v) is 36.4. The molecule has 1 heterocycles. The Morgan fingerprint density at radius 2 is 1.47 bits per heavy atom. The highest BCUT2D eigenvalue weighted by Gasteiger charge is 2.78. The highest BCUT2D eigenvalue weighted by atomic mass is 16.6. The van der Waals surface area contributed by atoms with E-state index in [1.54, 1.807) is 92.7 Å². The molecular weight excluding hydrogens is 827 g/mol. The zero-order chi connectivity index (χ0) is 46.4. The van der Waals surface area contributed by atoms with Crippen molar-refractivity contribution in [1.82, 2.24) is 5.32 Å². The molecular formula is C49H53NO14. The minimum Gasteiger partial charge on any atom is -0.456 e. The molecule has 4 aliphatic rings. The second kappa shape index (κ2) is 17.5. The van der Waals surface area contributed by atoms with Crippen molar-refractivity contribution in [2.45, 2.75) is 108 Å². The lowest BCUT2D eigenvalue weighted by molar-refractivity contribution is -0.346. The van der Waals surface area contributed by atoms with Gasteiger partial charge in [-0.1, -0.05) is 92.7 Å². The lowest BCUT2D eigenvalue weighted by Crippen LogP contribution is -2.82.